The van der Waals surface area contributed by atoms with E-state index in [4.69, 9.17) is 23.2 Å². The molecule has 3 N–H and O–H groups in total. The number of hydrogen-bond donors (Lipinski definition) is 3. The van der Waals surface area contributed by atoms with Gasteiger partial charge in [-0.1, -0.05) is 41.4 Å². The van der Waals surface area contributed by atoms with Crippen LogP contribution in [0.3, 0.4) is 0 Å². The van der Waals surface area contributed by atoms with E-state index < -0.39 is 35.4 Å². The third kappa shape index (κ3) is 4.49. The Hall–Kier alpha value is -2.71. The van der Waals surface area contributed by atoms with Gasteiger partial charge in [-0.05, 0) is 36.8 Å². The van der Waals surface area contributed by atoms with Gasteiger partial charge in [0.25, 0.3) is 5.91 Å². The Labute approximate surface area is 173 Å². The Morgan fingerprint density at radius 3 is 2.45 bits per heavy atom. The average molecular weight is 444 g/mol. The Morgan fingerprint density at radius 2 is 1.79 bits per heavy atom. The molecule has 3 amide bonds. The molecule has 1 aliphatic rings. The van der Waals surface area contributed by atoms with Gasteiger partial charge in [-0.2, -0.15) is 13.2 Å². The lowest BCUT2D eigenvalue weighted by molar-refractivity contribution is -0.137. The molecule has 0 unspecified atom stereocenters. The quantitative estimate of drug-likeness (QED) is 0.603. The number of allylic oxidation sites excluding steroid dienone is 1. The van der Waals surface area contributed by atoms with Crippen molar-refractivity contribution in [1.29, 1.82) is 0 Å². The van der Waals surface area contributed by atoms with E-state index in [9.17, 15) is 22.8 Å². The molecule has 0 saturated carbocycles. The van der Waals surface area contributed by atoms with E-state index in [1.807, 2.05) is 0 Å². The topological polar surface area (TPSA) is 70.2 Å². The van der Waals surface area contributed by atoms with Crippen LogP contribution in [-0.2, 0) is 11.0 Å². The number of alkyl halides is 3. The van der Waals surface area contributed by atoms with Crippen LogP contribution >= 0.6 is 23.2 Å². The van der Waals surface area contributed by atoms with Crippen LogP contribution in [0.1, 0.15) is 24.1 Å². The summed E-state index contributed by atoms with van der Waals surface area (Å²) in [6, 6.07) is 7.67. The predicted octanol–water partition coefficient (Wildman–Crippen LogP) is 5.28. The summed E-state index contributed by atoms with van der Waals surface area (Å²) in [5.74, 6) is -0.803. The monoisotopic (exact) mass is 443 g/mol. The summed E-state index contributed by atoms with van der Waals surface area (Å²) in [5, 5.41) is 7.81. The molecule has 5 nitrogen and oxygen atoms in total. The predicted molar refractivity (Wildman–Crippen MR) is 104 cm³/mol. The molecule has 152 valence electrons. The van der Waals surface area contributed by atoms with E-state index in [1.54, 1.807) is 6.07 Å². The fourth-order valence-corrected chi connectivity index (χ4v) is 3.27. The molecule has 0 saturated heterocycles. The maximum Gasteiger partial charge on any atom is 0.418 e. The molecular weight excluding hydrogens is 430 g/mol. The normalized spacial score (nSPS) is 16.9. The second-order valence-corrected chi connectivity index (χ2v) is 7.06. The Kier molecular flexibility index (Phi) is 5.77. The standard InChI is InChI=1S/C19H14Cl2F3N3O2/c1-9-15(17(28)26-14-5-3-2-4-11(14)19(22,23)24)16(27-18(29)25-9)10-6-7-12(20)13(21)8-10/h2-8,16H,1H3,(H,26,28)(H2,25,27,29)/t16-/m1/s1. The van der Waals surface area contributed by atoms with E-state index in [1.165, 1.54) is 31.2 Å². The van der Waals surface area contributed by atoms with Crippen LogP contribution in [0.5, 0.6) is 0 Å². The third-order valence-electron chi connectivity index (χ3n) is 4.27. The van der Waals surface area contributed by atoms with E-state index >= 15 is 0 Å². The Morgan fingerprint density at radius 1 is 1.10 bits per heavy atom. The summed E-state index contributed by atoms with van der Waals surface area (Å²) in [6.07, 6.45) is -4.64. The first-order chi connectivity index (χ1) is 13.6. The molecule has 2 aromatic rings. The minimum atomic E-state index is -4.64. The molecule has 0 aromatic heterocycles. The highest BCUT2D eigenvalue weighted by Crippen LogP contribution is 2.36. The van der Waals surface area contributed by atoms with Crippen LogP contribution in [0.15, 0.2) is 53.7 Å². The van der Waals surface area contributed by atoms with E-state index in [0.29, 0.717) is 5.56 Å². The van der Waals surface area contributed by atoms with Gasteiger partial charge in [0.15, 0.2) is 0 Å². The maximum absolute atomic E-state index is 13.2. The molecule has 0 radical (unpaired) electrons. The summed E-state index contributed by atoms with van der Waals surface area (Å²) in [5.41, 5.74) is -0.685. The second kappa shape index (κ2) is 7.96. The lowest BCUT2D eigenvalue weighted by Crippen LogP contribution is -2.46. The van der Waals surface area contributed by atoms with Crippen LogP contribution in [0.25, 0.3) is 0 Å². The van der Waals surface area contributed by atoms with Gasteiger partial charge in [0, 0.05) is 5.70 Å². The van der Waals surface area contributed by atoms with Gasteiger partial charge in [0.05, 0.1) is 32.9 Å². The van der Waals surface area contributed by atoms with Crippen molar-refractivity contribution in [1.82, 2.24) is 10.6 Å². The molecule has 0 aliphatic carbocycles. The van der Waals surface area contributed by atoms with Crippen molar-refractivity contribution in [2.75, 3.05) is 5.32 Å². The zero-order valence-corrected chi connectivity index (χ0v) is 16.3. The number of nitrogens with one attached hydrogen (secondary N) is 3. The average Bonchev–Trinajstić information content (AvgIpc) is 2.62. The number of carbonyl (C=O) groups excluding carboxylic acids is 2. The molecule has 0 bridgehead atoms. The Balaban J connectivity index is 2.00. The van der Waals surface area contributed by atoms with Crippen LogP contribution < -0.4 is 16.0 Å². The first kappa shape index (κ1) is 21.0. The summed E-state index contributed by atoms with van der Waals surface area (Å²) < 4.78 is 39.7. The van der Waals surface area contributed by atoms with Crippen molar-refractivity contribution < 1.29 is 22.8 Å². The van der Waals surface area contributed by atoms with E-state index in [-0.39, 0.29) is 21.3 Å². The molecule has 1 atom stereocenters. The first-order valence-corrected chi connectivity index (χ1v) is 9.04. The molecule has 2 aromatic carbocycles. The molecular formula is C19H14Cl2F3N3O2. The number of benzene rings is 2. The number of carbonyl (C=O) groups is 2. The minimum Gasteiger partial charge on any atom is -0.327 e. The van der Waals surface area contributed by atoms with Crippen molar-refractivity contribution >= 4 is 40.8 Å². The van der Waals surface area contributed by atoms with Crippen molar-refractivity contribution in [2.24, 2.45) is 0 Å². The Bertz CT molecular complexity index is 1020. The van der Waals surface area contributed by atoms with Gasteiger partial charge < -0.3 is 16.0 Å². The van der Waals surface area contributed by atoms with E-state index in [2.05, 4.69) is 16.0 Å². The van der Waals surface area contributed by atoms with Crippen molar-refractivity contribution in [3.8, 4) is 0 Å². The van der Waals surface area contributed by atoms with Gasteiger partial charge in [-0.25, -0.2) is 4.79 Å². The summed E-state index contributed by atoms with van der Waals surface area (Å²) in [7, 11) is 0. The van der Waals surface area contributed by atoms with E-state index in [0.717, 1.165) is 12.1 Å². The number of amides is 3. The van der Waals surface area contributed by atoms with Crippen molar-refractivity contribution in [3.63, 3.8) is 0 Å². The van der Waals surface area contributed by atoms with Crippen molar-refractivity contribution in [2.45, 2.75) is 19.1 Å². The lowest BCUT2D eigenvalue weighted by atomic mass is 9.94. The number of hydrogen-bond acceptors (Lipinski definition) is 2. The summed E-state index contributed by atoms with van der Waals surface area (Å²) in [6.45, 7) is 1.48. The molecule has 0 spiro atoms. The molecule has 1 heterocycles. The first-order valence-electron chi connectivity index (χ1n) is 8.28. The smallest absolute Gasteiger partial charge is 0.327 e. The molecule has 0 fully saturated rings. The third-order valence-corrected chi connectivity index (χ3v) is 5.01. The molecule has 3 rings (SSSR count). The van der Waals surface area contributed by atoms with Crippen LogP contribution in [0.4, 0.5) is 23.7 Å². The highest BCUT2D eigenvalue weighted by molar-refractivity contribution is 6.42. The van der Waals surface area contributed by atoms with Crippen LogP contribution in [0, 0.1) is 0 Å². The number of urea groups is 1. The highest BCUT2D eigenvalue weighted by Gasteiger charge is 2.35. The zero-order chi connectivity index (χ0) is 21.3. The number of halogens is 5. The number of anilines is 1. The largest absolute Gasteiger partial charge is 0.418 e. The van der Waals surface area contributed by atoms with Crippen LogP contribution in [0.2, 0.25) is 10.0 Å². The van der Waals surface area contributed by atoms with Gasteiger partial charge in [-0.15, -0.1) is 0 Å². The van der Waals surface area contributed by atoms with Crippen molar-refractivity contribution in [3.05, 3.63) is 74.9 Å². The van der Waals surface area contributed by atoms with Gasteiger partial charge in [0.2, 0.25) is 0 Å². The van der Waals surface area contributed by atoms with Gasteiger partial charge >= 0.3 is 12.2 Å². The zero-order valence-electron chi connectivity index (χ0n) is 14.8. The number of para-hydroxylation sites is 1. The second-order valence-electron chi connectivity index (χ2n) is 6.24. The minimum absolute atomic E-state index is 0.0416. The fraction of sp³-hybridized carbons (Fsp3) is 0.158. The molecule has 29 heavy (non-hydrogen) atoms. The lowest BCUT2D eigenvalue weighted by Gasteiger charge is -2.29. The summed E-state index contributed by atoms with van der Waals surface area (Å²) in [4.78, 5) is 24.8. The highest BCUT2D eigenvalue weighted by atomic mass is 35.5. The van der Waals surface area contributed by atoms with Crippen LogP contribution in [-0.4, -0.2) is 11.9 Å². The maximum atomic E-state index is 13.2. The molecule has 10 heteroatoms. The SMILES string of the molecule is CC1=C(C(=O)Nc2ccccc2C(F)(F)F)[C@@H](c2ccc(Cl)c(Cl)c2)NC(=O)N1. The molecule has 1 aliphatic heterocycles. The van der Waals surface area contributed by atoms with Gasteiger partial charge in [-0.3, -0.25) is 4.79 Å². The fourth-order valence-electron chi connectivity index (χ4n) is 2.97. The number of rotatable bonds is 3. The summed E-state index contributed by atoms with van der Waals surface area (Å²) >= 11 is 11.9. The van der Waals surface area contributed by atoms with Gasteiger partial charge in [0.1, 0.15) is 0 Å².